The van der Waals surface area contributed by atoms with Gasteiger partial charge in [0.1, 0.15) is 0 Å². The Kier molecular flexibility index (Phi) is 4.82. The number of benzene rings is 1. The van der Waals surface area contributed by atoms with E-state index in [4.69, 9.17) is 14.0 Å². The Morgan fingerprint density at radius 2 is 1.86 bits per heavy atom. The summed E-state index contributed by atoms with van der Waals surface area (Å²) in [6.45, 7) is 5.69. The molecule has 28 heavy (non-hydrogen) atoms. The normalized spacial score (nSPS) is 23.9. The van der Waals surface area contributed by atoms with E-state index in [2.05, 4.69) is 16.1 Å². The number of ether oxygens (including phenoxy) is 2. The maximum Gasteiger partial charge on any atom is 0.228 e. The number of para-hydroxylation sites is 1. The lowest BCUT2D eigenvalue weighted by Gasteiger charge is -2.38. The molecule has 1 aromatic carbocycles. The number of rotatable bonds is 4. The second-order valence-electron chi connectivity index (χ2n) is 8.10. The number of aromatic nitrogens is 1. The molecule has 1 spiro atoms. The number of piperidine rings is 2. The van der Waals surface area contributed by atoms with Crippen molar-refractivity contribution in [3.05, 3.63) is 30.0 Å². The van der Waals surface area contributed by atoms with E-state index in [1.165, 1.54) is 0 Å². The molecule has 1 amide bonds. The minimum Gasteiger partial charge on any atom is -0.356 e. The summed E-state index contributed by atoms with van der Waals surface area (Å²) < 4.78 is 16.8. The maximum atomic E-state index is 12.5. The fourth-order valence-corrected chi connectivity index (χ4v) is 4.73. The molecule has 0 aliphatic carbocycles. The van der Waals surface area contributed by atoms with E-state index in [0.29, 0.717) is 25.6 Å². The van der Waals surface area contributed by atoms with Crippen LogP contribution < -0.4 is 0 Å². The van der Waals surface area contributed by atoms with E-state index in [1.807, 2.05) is 23.1 Å². The quantitative estimate of drug-likeness (QED) is 0.805. The highest BCUT2D eigenvalue weighted by Crippen LogP contribution is 2.33. The van der Waals surface area contributed by atoms with Gasteiger partial charge in [0.25, 0.3) is 0 Å². The Morgan fingerprint density at radius 3 is 2.64 bits per heavy atom. The lowest BCUT2D eigenvalue weighted by Crippen LogP contribution is -2.50. The summed E-state index contributed by atoms with van der Waals surface area (Å²) in [7, 11) is 0. The summed E-state index contributed by atoms with van der Waals surface area (Å²) in [6, 6.07) is 8.09. The molecule has 7 heteroatoms. The number of hydrogen-bond donors (Lipinski definition) is 0. The zero-order chi connectivity index (χ0) is 19.0. The van der Waals surface area contributed by atoms with Crippen molar-refractivity contribution in [1.29, 1.82) is 0 Å². The molecule has 0 saturated carbocycles. The molecule has 3 aliphatic rings. The van der Waals surface area contributed by atoms with Gasteiger partial charge in [-0.15, -0.1) is 0 Å². The molecular formula is C21H27N3O4. The van der Waals surface area contributed by atoms with Crippen LogP contribution in [0.1, 0.15) is 37.3 Å². The smallest absolute Gasteiger partial charge is 0.228 e. The highest BCUT2D eigenvalue weighted by molar-refractivity contribution is 5.79. The van der Waals surface area contributed by atoms with Gasteiger partial charge in [-0.3, -0.25) is 4.79 Å². The zero-order valence-corrected chi connectivity index (χ0v) is 16.1. The van der Waals surface area contributed by atoms with E-state index in [0.717, 1.165) is 68.6 Å². The van der Waals surface area contributed by atoms with Gasteiger partial charge in [0.15, 0.2) is 11.4 Å². The Morgan fingerprint density at radius 1 is 1.07 bits per heavy atom. The van der Waals surface area contributed by atoms with Crippen molar-refractivity contribution in [2.45, 2.75) is 37.4 Å². The predicted molar refractivity (Wildman–Crippen MR) is 103 cm³/mol. The molecule has 5 rings (SSSR count). The van der Waals surface area contributed by atoms with Crippen molar-refractivity contribution in [2.75, 3.05) is 45.9 Å². The summed E-state index contributed by atoms with van der Waals surface area (Å²) in [5, 5.41) is 5.48. The molecular weight excluding hydrogens is 358 g/mol. The summed E-state index contributed by atoms with van der Waals surface area (Å²) >= 11 is 0. The van der Waals surface area contributed by atoms with Crippen LogP contribution in [-0.4, -0.2) is 72.6 Å². The summed E-state index contributed by atoms with van der Waals surface area (Å²) in [5.74, 6) is -0.0307. The molecule has 0 N–H and O–H groups in total. The highest BCUT2D eigenvalue weighted by Gasteiger charge is 2.43. The first kappa shape index (κ1) is 18.1. The van der Waals surface area contributed by atoms with E-state index >= 15 is 0 Å². The number of likely N-dealkylation sites (tertiary alicyclic amines) is 2. The van der Waals surface area contributed by atoms with Gasteiger partial charge in [0.05, 0.1) is 25.3 Å². The lowest BCUT2D eigenvalue weighted by atomic mass is 9.91. The van der Waals surface area contributed by atoms with Crippen LogP contribution in [0.3, 0.4) is 0 Å². The highest BCUT2D eigenvalue weighted by atomic mass is 16.7. The number of amides is 1. The minimum absolute atomic E-state index is 0.150. The van der Waals surface area contributed by atoms with Crippen molar-refractivity contribution < 1.29 is 18.8 Å². The van der Waals surface area contributed by atoms with Gasteiger partial charge < -0.3 is 23.8 Å². The van der Waals surface area contributed by atoms with Gasteiger partial charge in [-0.2, -0.15) is 0 Å². The summed E-state index contributed by atoms with van der Waals surface area (Å²) in [6.07, 6.45) is 3.29. The van der Waals surface area contributed by atoms with E-state index in [1.54, 1.807) is 0 Å². The SMILES string of the molecule is O=C1CC2(CCN1CCN1CCC(c3noc4ccccc34)CC1)OCCO2. The van der Waals surface area contributed by atoms with Gasteiger partial charge in [-0.25, -0.2) is 0 Å². The first-order valence-corrected chi connectivity index (χ1v) is 10.3. The van der Waals surface area contributed by atoms with Gasteiger partial charge in [0, 0.05) is 37.4 Å². The molecule has 0 radical (unpaired) electrons. The monoisotopic (exact) mass is 385 g/mol. The number of carbonyl (C=O) groups is 1. The number of carbonyl (C=O) groups excluding carboxylic acids is 1. The molecule has 7 nitrogen and oxygen atoms in total. The third kappa shape index (κ3) is 3.43. The van der Waals surface area contributed by atoms with Crippen LogP contribution in [0, 0.1) is 0 Å². The molecule has 3 saturated heterocycles. The van der Waals surface area contributed by atoms with Crippen LogP contribution in [-0.2, 0) is 14.3 Å². The van der Waals surface area contributed by atoms with Crippen LogP contribution in [0.25, 0.3) is 11.0 Å². The first-order valence-electron chi connectivity index (χ1n) is 10.3. The van der Waals surface area contributed by atoms with Gasteiger partial charge in [-0.05, 0) is 38.1 Å². The lowest BCUT2D eigenvalue weighted by molar-refractivity contribution is -0.192. The second kappa shape index (κ2) is 7.46. The van der Waals surface area contributed by atoms with Crippen LogP contribution in [0.4, 0.5) is 0 Å². The van der Waals surface area contributed by atoms with Crippen molar-refractivity contribution in [3.8, 4) is 0 Å². The van der Waals surface area contributed by atoms with Crippen molar-refractivity contribution >= 4 is 16.9 Å². The topological polar surface area (TPSA) is 68.0 Å². The molecule has 0 bridgehead atoms. The van der Waals surface area contributed by atoms with Gasteiger partial charge in [0.2, 0.25) is 5.91 Å². The van der Waals surface area contributed by atoms with Crippen molar-refractivity contribution in [1.82, 2.24) is 15.0 Å². The van der Waals surface area contributed by atoms with Crippen molar-refractivity contribution in [2.24, 2.45) is 0 Å². The molecule has 3 aliphatic heterocycles. The van der Waals surface area contributed by atoms with Crippen LogP contribution >= 0.6 is 0 Å². The second-order valence-corrected chi connectivity index (χ2v) is 8.10. The largest absolute Gasteiger partial charge is 0.356 e. The Bertz CT molecular complexity index is 837. The third-order valence-corrected chi connectivity index (χ3v) is 6.42. The average Bonchev–Trinajstić information content (AvgIpc) is 3.35. The molecule has 2 aromatic rings. The maximum absolute atomic E-state index is 12.5. The molecule has 0 atom stereocenters. The predicted octanol–water partition coefficient (Wildman–Crippen LogP) is 2.37. The van der Waals surface area contributed by atoms with Crippen molar-refractivity contribution in [3.63, 3.8) is 0 Å². The molecule has 4 heterocycles. The molecule has 0 unspecified atom stereocenters. The first-order chi connectivity index (χ1) is 13.7. The molecule has 150 valence electrons. The van der Waals surface area contributed by atoms with Crippen LogP contribution in [0.2, 0.25) is 0 Å². The van der Waals surface area contributed by atoms with Gasteiger partial charge in [-0.1, -0.05) is 17.3 Å². The van der Waals surface area contributed by atoms with E-state index < -0.39 is 5.79 Å². The molecule has 3 fully saturated rings. The Labute approximate surface area is 164 Å². The standard InChI is InChI=1S/C21H27N3O4/c25-19-15-21(26-13-14-27-21)7-10-24(19)12-11-23-8-5-16(6-9-23)20-17-3-1-2-4-18(17)28-22-20/h1-4,16H,5-15H2. The van der Waals surface area contributed by atoms with Gasteiger partial charge >= 0.3 is 0 Å². The average molecular weight is 385 g/mol. The fourth-order valence-electron chi connectivity index (χ4n) is 4.73. The number of nitrogens with zero attached hydrogens (tertiary/aromatic N) is 3. The zero-order valence-electron chi connectivity index (χ0n) is 16.1. The van der Waals surface area contributed by atoms with Crippen LogP contribution in [0.15, 0.2) is 28.8 Å². The van der Waals surface area contributed by atoms with E-state index in [9.17, 15) is 4.79 Å². The van der Waals surface area contributed by atoms with E-state index in [-0.39, 0.29) is 5.91 Å². The number of fused-ring (bicyclic) bond motifs is 1. The Hall–Kier alpha value is -1.96. The summed E-state index contributed by atoms with van der Waals surface area (Å²) in [4.78, 5) is 16.9. The van der Waals surface area contributed by atoms with Crippen LogP contribution in [0.5, 0.6) is 0 Å². The number of hydrogen-bond acceptors (Lipinski definition) is 6. The Balaban J connectivity index is 1.12. The minimum atomic E-state index is -0.633. The molecule has 1 aromatic heterocycles. The third-order valence-electron chi connectivity index (χ3n) is 6.42. The summed E-state index contributed by atoms with van der Waals surface area (Å²) in [5.41, 5.74) is 1.97. The fraction of sp³-hybridized carbons (Fsp3) is 0.619.